The molecule has 0 bridgehead atoms. The second-order valence-electron chi connectivity index (χ2n) is 4.08. The molecule has 1 aromatic rings. The smallest absolute Gasteiger partial charge is 0.138 e. The normalized spacial score (nSPS) is 13.9. The number of nitrogens with zero attached hydrogens (tertiary/aromatic N) is 1. The zero-order chi connectivity index (χ0) is 11.2. The summed E-state index contributed by atoms with van der Waals surface area (Å²) in [6, 6.07) is 8.08. The largest absolute Gasteiger partial charge is 0.496 e. The summed E-state index contributed by atoms with van der Waals surface area (Å²) in [5.74, 6) is 0.839. The molecule has 3 heterocycles. The maximum absolute atomic E-state index is 5.62. The average Bonchev–Trinajstić information content (AvgIpc) is 2.78. The lowest BCUT2D eigenvalue weighted by atomic mass is 10.0. The second-order valence-corrected chi connectivity index (χ2v) is 4.08. The highest BCUT2D eigenvalue weighted by Gasteiger charge is 2.21. The van der Waals surface area contributed by atoms with Gasteiger partial charge in [0.15, 0.2) is 0 Å². The van der Waals surface area contributed by atoms with Gasteiger partial charge >= 0.3 is 0 Å². The van der Waals surface area contributed by atoms with E-state index in [1.807, 2.05) is 24.3 Å². The first-order valence-corrected chi connectivity index (χ1v) is 5.50. The molecule has 1 aromatic carbocycles. The molecular weight excluding hydrogens is 214 g/mol. The van der Waals surface area contributed by atoms with Crippen molar-refractivity contribution >= 4 is 17.0 Å². The summed E-state index contributed by atoms with van der Waals surface area (Å²) in [5, 5.41) is 1.13. The minimum Gasteiger partial charge on any atom is -0.496 e. The van der Waals surface area contributed by atoms with E-state index >= 15 is 0 Å². The van der Waals surface area contributed by atoms with Gasteiger partial charge < -0.3 is 9.15 Å². The quantitative estimate of drug-likeness (QED) is 0.585. The molecule has 0 fully saturated rings. The third-order valence-electron chi connectivity index (χ3n) is 3.11. The molecule has 3 heteroatoms. The van der Waals surface area contributed by atoms with Crippen LogP contribution in [-0.2, 0) is 11.3 Å². The molecule has 82 valence electrons. The molecule has 0 N–H and O–H groups in total. The standard InChI is InChI=1S/C14H9NO2/c1-2-4-12-9(3-1)10-8-17-13-5-6-16-7-11(13)14(10)15-12/h1-6,8H,7H2. The van der Waals surface area contributed by atoms with Crippen molar-refractivity contribution in [3.8, 4) is 11.3 Å². The molecule has 0 saturated carbocycles. The highest BCUT2D eigenvalue weighted by Crippen LogP contribution is 2.36. The number of fused-ring (bicyclic) bond motifs is 5. The van der Waals surface area contributed by atoms with E-state index in [2.05, 4.69) is 11.1 Å². The van der Waals surface area contributed by atoms with Crippen LogP contribution in [0, 0.1) is 0 Å². The van der Waals surface area contributed by atoms with E-state index in [1.54, 1.807) is 12.5 Å². The van der Waals surface area contributed by atoms with Gasteiger partial charge in [-0.2, -0.15) is 0 Å². The van der Waals surface area contributed by atoms with Crippen LogP contribution < -0.4 is 0 Å². The van der Waals surface area contributed by atoms with Gasteiger partial charge in [0.1, 0.15) is 18.6 Å². The summed E-state index contributed by atoms with van der Waals surface area (Å²) in [5.41, 5.74) is 4.07. The number of hydrogen-bond acceptors (Lipinski definition) is 3. The Hall–Kier alpha value is -2.29. The molecule has 0 saturated heterocycles. The van der Waals surface area contributed by atoms with E-state index in [4.69, 9.17) is 9.15 Å². The maximum Gasteiger partial charge on any atom is 0.138 e. The van der Waals surface area contributed by atoms with Gasteiger partial charge in [-0.1, -0.05) is 18.2 Å². The van der Waals surface area contributed by atoms with Gasteiger partial charge in [0.25, 0.3) is 0 Å². The first-order valence-electron chi connectivity index (χ1n) is 5.50. The molecule has 4 rings (SSSR count). The molecule has 0 amide bonds. The molecule has 0 radical (unpaired) electrons. The minimum atomic E-state index is 0.524. The van der Waals surface area contributed by atoms with Crippen molar-refractivity contribution in [2.45, 2.75) is 6.61 Å². The van der Waals surface area contributed by atoms with Gasteiger partial charge in [0, 0.05) is 17.0 Å². The predicted molar refractivity (Wildman–Crippen MR) is 64.5 cm³/mol. The highest BCUT2D eigenvalue weighted by atomic mass is 16.5. The molecule has 3 aliphatic rings. The second kappa shape index (κ2) is 3.10. The molecule has 17 heavy (non-hydrogen) atoms. The fourth-order valence-corrected chi connectivity index (χ4v) is 2.29. The molecule has 3 nitrogen and oxygen atoms in total. The molecular formula is C14H9NO2. The minimum absolute atomic E-state index is 0.524. The summed E-state index contributed by atoms with van der Waals surface area (Å²) < 4.78 is 10.9. The Labute approximate surface area is 97.7 Å². The third kappa shape index (κ3) is 1.13. The first-order chi connectivity index (χ1) is 8.43. The Balaban J connectivity index is 2.15. The zero-order valence-electron chi connectivity index (χ0n) is 9.01. The van der Waals surface area contributed by atoms with Gasteiger partial charge in [0.2, 0.25) is 0 Å². The molecule has 0 aromatic heterocycles. The Morgan fingerprint density at radius 1 is 1.18 bits per heavy atom. The Bertz CT molecular complexity index is 712. The van der Waals surface area contributed by atoms with E-state index in [1.165, 1.54) is 0 Å². The van der Waals surface area contributed by atoms with Crippen molar-refractivity contribution in [1.82, 2.24) is 4.98 Å². The Kier molecular flexibility index (Phi) is 1.61. The van der Waals surface area contributed by atoms with E-state index < -0.39 is 0 Å². The third-order valence-corrected chi connectivity index (χ3v) is 3.11. The van der Waals surface area contributed by atoms with E-state index in [9.17, 15) is 0 Å². The van der Waals surface area contributed by atoms with Crippen LogP contribution >= 0.6 is 0 Å². The van der Waals surface area contributed by atoms with Crippen LogP contribution in [-0.4, -0.2) is 4.98 Å². The fourth-order valence-electron chi connectivity index (χ4n) is 2.29. The highest BCUT2D eigenvalue weighted by molar-refractivity contribution is 5.98. The number of para-hydroxylation sites is 1. The number of hydrogen-bond donors (Lipinski definition) is 0. The number of benzene rings is 1. The van der Waals surface area contributed by atoms with Crippen LogP contribution in [0.4, 0.5) is 0 Å². The van der Waals surface area contributed by atoms with Crippen LogP contribution in [0.2, 0.25) is 0 Å². The SMILES string of the molecule is C1=Cc2occ3c4ccccc4nc-3c2CO1. The lowest BCUT2D eigenvalue weighted by Crippen LogP contribution is -1.99. The monoisotopic (exact) mass is 223 g/mol. The maximum atomic E-state index is 5.62. The van der Waals surface area contributed by atoms with Gasteiger partial charge in [-0.3, -0.25) is 0 Å². The molecule has 0 aliphatic carbocycles. The van der Waals surface area contributed by atoms with Crippen molar-refractivity contribution in [1.29, 1.82) is 0 Å². The Morgan fingerprint density at radius 3 is 3.12 bits per heavy atom. The number of ether oxygens (including phenoxy) is 1. The number of rotatable bonds is 0. The van der Waals surface area contributed by atoms with Crippen LogP contribution in [0.3, 0.4) is 0 Å². The van der Waals surface area contributed by atoms with Gasteiger partial charge in [0.05, 0.1) is 23.0 Å². The van der Waals surface area contributed by atoms with Gasteiger partial charge in [-0.05, 0) is 6.07 Å². The summed E-state index contributed by atoms with van der Waals surface area (Å²) in [6.45, 7) is 0.524. The molecule has 0 atom stereocenters. The van der Waals surface area contributed by atoms with Crippen molar-refractivity contribution in [3.05, 3.63) is 48.1 Å². The van der Waals surface area contributed by atoms with E-state index in [0.29, 0.717) is 6.61 Å². The Morgan fingerprint density at radius 2 is 2.12 bits per heavy atom. The van der Waals surface area contributed by atoms with Gasteiger partial charge in [-0.15, -0.1) is 0 Å². The summed E-state index contributed by atoms with van der Waals surface area (Å²) >= 11 is 0. The molecule has 0 unspecified atom stereocenters. The number of aromatic nitrogens is 1. The summed E-state index contributed by atoms with van der Waals surface area (Å²) in [4.78, 5) is 4.65. The van der Waals surface area contributed by atoms with E-state index in [0.717, 1.165) is 33.5 Å². The van der Waals surface area contributed by atoms with Crippen molar-refractivity contribution in [2.75, 3.05) is 0 Å². The van der Waals surface area contributed by atoms with Crippen molar-refractivity contribution in [3.63, 3.8) is 0 Å². The van der Waals surface area contributed by atoms with Crippen LogP contribution in [0.5, 0.6) is 0 Å². The first kappa shape index (κ1) is 8.82. The molecule has 0 spiro atoms. The average molecular weight is 223 g/mol. The van der Waals surface area contributed by atoms with Crippen LogP contribution in [0.1, 0.15) is 11.3 Å². The van der Waals surface area contributed by atoms with Crippen LogP contribution in [0.25, 0.3) is 28.2 Å². The fraction of sp³-hybridized carbons (Fsp3) is 0.0714. The zero-order valence-corrected chi connectivity index (χ0v) is 9.01. The van der Waals surface area contributed by atoms with Crippen molar-refractivity contribution in [2.24, 2.45) is 0 Å². The lowest BCUT2D eigenvalue weighted by Gasteiger charge is -2.13. The summed E-state index contributed by atoms with van der Waals surface area (Å²) in [7, 11) is 0. The van der Waals surface area contributed by atoms with Crippen LogP contribution in [0.15, 0.2) is 41.2 Å². The van der Waals surface area contributed by atoms with Crippen molar-refractivity contribution < 1.29 is 9.15 Å². The summed E-state index contributed by atoms with van der Waals surface area (Å²) in [6.07, 6.45) is 5.26. The van der Waals surface area contributed by atoms with Gasteiger partial charge in [-0.25, -0.2) is 4.98 Å². The lowest BCUT2D eigenvalue weighted by molar-refractivity contribution is 0.229. The van der Waals surface area contributed by atoms with E-state index in [-0.39, 0.29) is 0 Å². The predicted octanol–water partition coefficient (Wildman–Crippen LogP) is 3.43. The topological polar surface area (TPSA) is 35.3 Å². The molecule has 3 aliphatic heterocycles.